The van der Waals surface area contributed by atoms with Gasteiger partial charge in [-0.25, -0.2) is 4.98 Å². The summed E-state index contributed by atoms with van der Waals surface area (Å²) in [7, 11) is 1.41. The molecule has 14 heteroatoms. The number of alkyl halides is 3. The molecule has 0 aromatic carbocycles. The van der Waals surface area contributed by atoms with Crippen molar-refractivity contribution in [3.8, 4) is 5.88 Å². The summed E-state index contributed by atoms with van der Waals surface area (Å²) in [5, 5.41) is 38.8. The Morgan fingerprint density at radius 2 is 2.10 bits per heavy atom. The molecular weight excluding hydrogens is 401 g/mol. The number of rotatable bonds is 5. The molecule has 3 heterocycles. The van der Waals surface area contributed by atoms with Gasteiger partial charge in [-0.3, -0.25) is 0 Å². The zero-order valence-electron chi connectivity index (χ0n) is 15.3. The molecule has 3 atom stereocenters. The van der Waals surface area contributed by atoms with E-state index in [0.717, 1.165) is 6.07 Å². The fourth-order valence-corrected chi connectivity index (χ4v) is 2.22. The molecule has 1 aliphatic rings. The van der Waals surface area contributed by atoms with E-state index in [0.29, 0.717) is 18.7 Å². The molecule has 5 N–H and O–H groups in total. The largest absolute Gasteiger partial charge is 0.471 e. The lowest BCUT2D eigenvalue weighted by atomic mass is 10.0. The summed E-state index contributed by atoms with van der Waals surface area (Å²) < 4.78 is 47.9. The first-order chi connectivity index (χ1) is 13.7. The van der Waals surface area contributed by atoms with Crippen molar-refractivity contribution in [3.63, 3.8) is 0 Å². The van der Waals surface area contributed by atoms with E-state index >= 15 is 0 Å². The average Bonchev–Trinajstić information content (AvgIpc) is 3.22. The summed E-state index contributed by atoms with van der Waals surface area (Å²) in [6.45, 7) is 0.121. The predicted octanol–water partition coefficient (Wildman–Crippen LogP) is -0.276. The minimum Gasteiger partial charge on any atom is -0.471 e. The van der Waals surface area contributed by atoms with Crippen molar-refractivity contribution in [1.82, 2.24) is 25.4 Å². The van der Waals surface area contributed by atoms with Crippen LogP contribution in [0.4, 0.5) is 19.1 Å². The van der Waals surface area contributed by atoms with Gasteiger partial charge in [-0.15, -0.1) is 0 Å². The van der Waals surface area contributed by atoms with Gasteiger partial charge in [0.15, 0.2) is 5.69 Å². The fourth-order valence-electron chi connectivity index (χ4n) is 2.22. The molecule has 1 aliphatic heterocycles. The van der Waals surface area contributed by atoms with E-state index in [4.69, 9.17) is 24.8 Å². The Kier molecular flexibility index (Phi) is 8.07. The molecule has 2 aromatic rings. The number of hydrogen-bond donors (Lipinski definition) is 5. The molecule has 1 fully saturated rings. The third-order valence-electron chi connectivity index (χ3n) is 3.75. The first kappa shape index (κ1) is 22.7. The van der Waals surface area contributed by atoms with Crippen LogP contribution in [0.15, 0.2) is 12.3 Å². The number of halogens is 3. The van der Waals surface area contributed by atoms with Crippen molar-refractivity contribution >= 4 is 5.95 Å². The van der Waals surface area contributed by atoms with E-state index in [-0.39, 0.29) is 25.0 Å². The van der Waals surface area contributed by atoms with E-state index < -0.39 is 30.2 Å². The van der Waals surface area contributed by atoms with E-state index in [1.54, 1.807) is 0 Å². The Morgan fingerprint density at radius 1 is 1.34 bits per heavy atom. The summed E-state index contributed by atoms with van der Waals surface area (Å²) in [6.07, 6.45) is -5.02. The van der Waals surface area contributed by atoms with Crippen molar-refractivity contribution in [2.75, 3.05) is 25.6 Å². The molecule has 0 bridgehead atoms. The minimum atomic E-state index is -4.57. The van der Waals surface area contributed by atoms with E-state index in [1.165, 1.54) is 13.2 Å². The van der Waals surface area contributed by atoms with Crippen molar-refractivity contribution < 1.29 is 38.0 Å². The van der Waals surface area contributed by atoms with Crippen LogP contribution in [0.3, 0.4) is 0 Å². The Hall–Kier alpha value is -2.55. The van der Waals surface area contributed by atoms with Crippen molar-refractivity contribution in [3.05, 3.63) is 23.7 Å². The Bertz CT molecular complexity index is 749. The summed E-state index contributed by atoms with van der Waals surface area (Å²) >= 11 is 0. The van der Waals surface area contributed by atoms with E-state index in [1.807, 2.05) is 0 Å². The van der Waals surface area contributed by atoms with Gasteiger partial charge in [0.2, 0.25) is 11.8 Å². The fraction of sp³-hybridized carbons (Fsp3) is 0.600. The number of H-pyrrole nitrogens is 1. The van der Waals surface area contributed by atoms with Crippen LogP contribution in [0.5, 0.6) is 5.88 Å². The Balaban J connectivity index is 0.000000253. The molecule has 29 heavy (non-hydrogen) atoms. The van der Waals surface area contributed by atoms with Crippen LogP contribution in [0.1, 0.15) is 17.8 Å². The van der Waals surface area contributed by atoms with Crippen LogP contribution >= 0.6 is 0 Å². The van der Waals surface area contributed by atoms with Gasteiger partial charge in [0.25, 0.3) is 0 Å². The van der Waals surface area contributed by atoms with E-state index in [2.05, 4.69) is 30.7 Å². The van der Waals surface area contributed by atoms with Gasteiger partial charge in [0.05, 0.1) is 18.9 Å². The molecule has 2 aromatic heterocycles. The quantitative estimate of drug-likeness (QED) is 0.434. The number of anilines is 1. The molecule has 0 saturated carbocycles. The van der Waals surface area contributed by atoms with Gasteiger partial charge in [0, 0.05) is 19.7 Å². The lowest BCUT2D eigenvalue weighted by Gasteiger charge is -2.30. The third-order valence-corrected chi connectivity index (χ3v) is 3.75. The number of aliphatic hydroxyl groups excluding tert-OH is 3. The Morgan fingerprint density at radius 3 is 2.66 bits per heavy atom. The van der Waals surface area contributed by atoms with Crippen molar-refractivity contribution in [2.24, 2.45) is 0 Å². The number of aliphatic hydroxyl groups is 3. The summed E-state index contributed by atoms with van der Waals surface area (Å²) in [6, 6.07) is 0.723. The molecule has 0 aliphatic carbocycles. The van der Waals surface area contributed by atoms with Gasteiger partial charge in [-0.1, -0.05) is 0 Å². The number of hydrogen-bond acceptors (Lipinski definition) is 10. The highest BCUT2D eigenvalue weighted by atomic mass is 19.4. The monoisotopic (exact) mass is 422 g/mol. The number of aromatic amines is 1. The average molecular weight is 422 g/mol. The van der Waals surface area contributed by atoms with Gasteiger partial charge in [-0.2, -0.15) is 33.6 Å². The lowest BCUT2D eigenvalue weighted by molar-refractivity contribution is -0.147. The first-order valence-corrected chi connectivity index (χ1v) is 8.44. The highest BCUT2D eigenvalue weighted by molar-refractivity contribution is 5.31. The second-order valence-corrected chi connectivity index (χ2v) is 5.85. The van der Waals surface area contributed by atoms with Crippen LogP contribution in [0.25, 0.3) is 0 Å². The number of aromatic nitrogens is 5. The lowest BCUT2D eigenvalue weighted by Crippen LogP contribution is -2.46. The number of nitrogens with zero attached hydrogens (tertiary/aromatic N) is 4. The molecule has 0 radical (unpaired) electrons. The maximum Gasteiger partial charge on any atom is 0.433 e. The van der Waals surface area contributed by atoms with Crippen LogP contribution in [0.2, 0.25) is 0 Å². The van der Waals surface area contributed by atoms with Crippen LogP contribution in [-0.4, -0.2) is 79.3 Å². The number of nitrogens with one attached hydrogen (secondary N) is 2. The summed E-state index contributed by atoms with van der Waals surface area (Å²) in [5.41, 5.74) is -0.639. The maximum absolute atomic E-state index is 12.6. The summed E-state index contributed by atoms with van der Waals surface area (Å²) in [5.74, 6) is -0.375. The van der Waals surface area contributed by atoms with Gasteiger partial charge in [-0.05, 0) is 6.42 Å². The SMILES string of the molecule is CNc1nc(OCc2cn[nH]n2)cc(C(F)(F)F)n1.OCC1OCCC(O)C1O. The first-order valence-electron chi connectivity index (χ1n) is 8.44. The van der Waals surface area contributed by atoms with E-state index in [9.17, 15) is 13.2 Å². The zero-order valence-corrected chi connectivity index (χ0v) is 15.3. The van der Waals surface area contributed by atoms with Gasteiger partial charge in [0.1, 0.15) is 24.5 Å². The normalized spacial score (nSPS) is 21.8. The van der Waals surface area contributed by atoms with Crippen molar-refractivity contribution in [1.29, 1.82) is 0 Å². The highest BCUT2D eigenvalue weighted by Gasteiger charge is 2.34. The standard InChI is InChI=1S/C9H9F3N6O.C6H12O4/c1-13-8-15-6(9(10,11)12)2-7(16-8)19-4-5-3-14-18-17-5;7-3-5-6(9)4(8)1-2-10-5/h2-3H,4H2,1H3,(H,13,15,16)(H,14,17,18);4-9H,1-3H2. The third kappa shape index (κ3) is 6.77. The maximum atomic E-state index is 12.6. The minimum absolute atomic E-state index is 0.0477. The molecule has 0 spiro atoms. The molecule has 1 saturated heterocycles. The van der Waals surface area contributed by atoms with Gasteiger partial charge < -0.3 is 30.1 Å². The molecule has 3 unspecified atom stereocenters. The molecular formula is C15H21F3N6O5. The number of ether oxygens (including phenoxy) is 2. The zero-order chi connectivity index (χ0) is 21.4. The highest BCUT2D eigenvalue weighted by Crippen LogP contribution is 2.30. The second-order valence-electron chi connectivity index (χ2n) is 5.85. The van der Waals surface area contributed by atoms with Gasteiger partial charge >= 0.3 is 6.18 Å². The second kappa shape index (κ2) is 10.3. The molecule has 0 amide bonds. The van der Waals surface area contributed by atoms with Crippen molar-refractivity contribution in [2.45, 2.75) is 37.5 Å². The molecule has 162 valence electrons. The molecule has 11 nitrogen and oxygen atoms in total. The van der Waals surface area contributed by atoms with Crippen LogP contribution < -0.4 is 10.1 Å². The smallest absolute Gasteiger partial charge is 0.433 e. The molecule has 3 rings (SSSR count). The summed E-state index contributed by atoms with van der Waals surface area (Å²) in [4.78, 5) is 7.07. The Labute approximate surface area is 162 Å². The topological polar surface area (TPSA) is 159 Å². The predicted molar refractivity (Wildman–Crippen MR) is 90.8 cm³/mol. The van der Waals surface area contributed by atoms with Crippen LogP contribution in [0, 0.1) is 0 Å². The van der Waals surface area contributed by atoms with Crippen LogP contribution in [-0.2, 0) is 17.5 Å².